The van der Waals surface area contributed by atoms with Crippen molar-refractivity contribution in [1.29, 1.82) is 0 Å². The molecule has 208 valence electrons. The fourth-order valence-electron chi connectivity index (χ4n) is 4.08. The fourth-order valence-corrected chi connectivity index (χ4v) is 5.62. The Morgan fingerprint density at radius 2 is 1.59 bits per heavy atom. The Labute approximate surface area is 236 Å². The first-order valence-electron chi connectivity index (χ1n) is 13.1. The van der Waals surface area contributed by atoms with Crippen molar-refractivity contribution in [1.82, 2.24) is 10.2 Å². The number of amides is 2. The maximum atomic E-state index is 13.8. The van der Waals surface area contributed by atoms with E-state index in [1.165, 1.54) is 17.0 Å². The van der Waals surface area contributed by atoms with E-state index in [4.69, 9.17) is 11.6 Å². The van der Waals surface area contributed by atoms with Gasteiger partial charge in [0.15, 0.2) is 0 Å². The van der Waals surface area contributed by atoms with Gasteiger partial charge in [0.1, 0.15) is 12.6 Å². The molecule has 3 aromatic carbocycles. The van der Waals surface area contributed by atoms with Crippen LogP contribution in [0.3, 0.4) is 0 Å². The molecule has 0 aliphatic rings. The minimum absolute atomic E-state index is 0.0667. The van der Waals surface area contributed by atoms with Crippen LogP contribution in [0.5, 0.6) is 0 Å². The first-order valence-corrected chi connectivity index (χ1v) is 14.9. The number of hydrogen-bond acceptors (Lipinski definition) is 4. The Bertz CT molecular complexity index is 1330. The van der Waals surface area contributed by atoms with E-state index in [9.17, 15) is 18.0 Å². The van der Waals surface area contributed by atoms with Gasteiger partial charge in [0.2, 0.25) is 11.8 Å². The quantitative estimate of drug-likeness (QED) is 0.286. The molecule has 0 spiro atoms. The molecule has 0 aliphatic carbocycles. The minimum atomic E-state index is -4.10. The summed E-state index contributed by atoms with van der Waals surface area (Å²) in [5, 5.41) is 3.33. The van der Waals surface area contributed by atoms with Gasteiger partial charge >= 0.3 is 0 Å². The summed E-state index contributed by atoms with van der Waals surface area (Å²) in [6, 6.07) is 21.6. The van der Waals surface area contributed by atoms with Gasteiger partial charge in [0, 0.05) is 18.1 Å². The third-order valence-electron chi connectivity index (χ3n) is 6.48. The number of nitrogens with zero attached hydrogens (tertiary/aromatic N) is 2. The second-order valence-electron chi connectivity index (χ2n) is 9.44. The molecular weight excluding hydrogens is 534 g/mol. The van der Waals surface area contributed by atoms with Crippen LogP contribution in [0.2, 0.25) is 5.02 Å². The van der Waals surface area contributed by atoms with Crippen molar-refractivity contribution >= 4 is 39.1 Å². The summed E-state index contributed by atoms with van der Waals surface area (Å²) in [5.74, 6) is -0.751. The van der Waals surface area contributed by atoms with Crippen molar-refractivity contribution < 1.29 is 18.0 Å². The Balaban J connectivity index is 1.94. The van der Waals surface area contributed by atoms with Gasteiger partial charge in [-0.2, -0.15) is 0 Å². The largest absolute Gasteiger partial charge is 0.354 e. The Morgan fingerprint density at radius 1 is 0.949 bits per heavy atom. The number of unbranched alkanes of at least 4 members (excludes halogenated alkanes) is 1. The summed E-state index contributed by atoms with van der Waals surface area (Å²) in [6.45, 7) is 5.87. The van der Waals surface area contributed by atoms with E-state index in [1.54, 1.807) is 43.3 Å². The zero-order chi connectivity index (χ0) is 28.4. The molecule has 7 nitrogen and oxygen atoms in total. The summed E-state index contributed by atoms with van der Waals surface area (Å²) in [7, 11) is -4.10. The molecule has 0 saturated carbocycles. The lowest BCUT2D eigenvalue weighted by atomic mass is 10.1. The van der Waals surface area contributed by atoms with Gasteiger partial charge in [-0.1, -0.05) is 73.0 Å². The van der Waals surface area contributed by atoms with Crippen LogP contribution < -0.4 is 9.62 Å². The van der Waals surface area contributed by atoms with Crippen LogP contribution in [0.4, 0.5) is 5.69 Å². The molecule has 9 heteroatoms. The van der Waals surface area contributed by atoms with E-state index >= 15 is 0 Å². The zero-order valence-electron chi connectivity index (χ0n) is 22.6. The number of benzene rings is 3. The molecule has 0 aromatic heterocycles. The first kappa shape index (κ1) is 30.2. The lowest BCUT2D eigenvalue weighted by Gasteiger charge is -2.32. The van der Waals surface area contributed by atoms with Gasteiger partial charge in [-0.25, -0.2) is 8.42 Å². The van der Waals surface area contributed by atoms with Crippen molar-refractivity contribution in [3.63, 3.8) is 0 Å². The minimum Gasteiger partial charge on any atom is -0.354 e. The van der Waals surface area contributed by atoms with Crippen molar-refractivity contribution in [3.8, 4) is 0 Å². The van der Waals surface area contributed by atoms with Gasteiger partial charge in [-0.15, -0.1) is 0 Å². The molecule has 0 saturated heterocycles. The predicted molar refractivity (Wildman–Crippen MR) is 156 cm³/mol. The van der Waals surface area contributed by atoms with Crippen LogP contribution in [0, 0.1) is 6.92 Å². The molecule has 3 rings (SSSR count). The summed E-state index contributed by atoms with van der Waals surface area (Å²) < 4.78 is 28.7. The van der Waals surface area contributed by atoms with Gasteiger partial charge in [0.05, 0.1) is 10.6 Å². The molecule has 0 fully saturated rings. The lowest BCUT2D eigenvalue weighted by Crippen LogP contribution is -2.52. The Hall–Kier alpha value is -3.36. The van der Waals surface area contributed by atoms with Gasteiger partial charge in [-0.05, 0) is 68.7 Å². The van der Waals surface area contributed by atoms with Gasteiger partial charge in [-0.3, -0.25) is 13.9 Å². The SMILES string of the molecule is CCCCNC(=O)C(C)N(CCc1ccccc1)C(=O)CN(c1ccc(Cl)cc1)S(=O)(=O)c1ccc(C)cc1. The lowest BCUT2D eigenvalue weighted by molar-refractivity contribution is -0.138. The maximum Gasteiger partial charge on any atom is 0.264 e. The standard InChI is InChI=1S/C30H36ClN3O4S/c1-4-5-20-32-30(36)24(3)33(21-19-25-9-7-6-8-10-25)29(35)22-34(27-15-13-26(31)14-16-27)39(37,38)28-17-11-23(2)12-18-28/h6-18,24H,4-5,19-22H2,1-3H3,(H,32,36). The highest BCUT2D eigenvalue weighted by Gasteiger charge is 2.32. The number of aryl methyl sites for hydroxylation is 1. The topological polar surface area (TPSA) is 86.8 Å². The molecule has 3 aromatic rings. The first-order chi connectivity index (χ1) is 18.6. The summed E-state index contributed by atoms with van der Waals surface area (Å²) >= 11 is 6.06. The van der Waals surface area contributed by atoms with Crippen LogP contribution in [-0.4, -0.2) is 50.8 Å². The van der Waals surface area contributed by atoms with Crippen LogP contribution in [0.25, 0.3) is 0 Å². The van der Waals surface area contributed by atoms with E-state index in [0.717, 1.165) is 28.3 Å². The van der Waals surface area contributed by atoms with Crippen molar-refractivity contribution in [2.24, 2.45) is 0 Å². The van der Waals surface area contributed by atoms with Crippen molar-refractivity contribution in [3.05, 3.63) is 95.0 Å². The van der Waals surface area contributed by atoms with Crippen molar-refractivity contribution in [2.75, 3.05) is 23.9 Å². The number of carbonyl (C=O) groups is 2. The van der Waals surface area contributed by atoms with Gasteiger partial charge < -0.3 is 10.2 Å². The highest BCUT2D eigenvalue weighted by atomic mass is 35.5. The molecule has 39 heavy (non-hydrogen) atoms. The van der Waals surface area contributed by atoms with Crippen molar-refractivity contribution in [2.45, 2.75) is 51.0 Å². The molecule has 1 atom stereocenters. The summed E-state index contributed by atoms with van der Waals surface area (Å²) in [5.41, 5.74) is 2.23. The molecular formula is C30H36ClN3O4S. The average molecular weight is 570 g/mol. The highest BCUT2D eigenvalue weighted by Crippen LogP contribution is 2.26. The van der Waals surface area contributed by atoms with E-state index in [-0.39, 0.29) is 17.3 Å². The van der Waals surface area contributed by atoms with Gasteiger partial charge in [0.25, 0.3) is 10.0 Å². The third-order valence-corrected chi connectivity index (χ3v) is 8.52. The van der Waals surface area contributed by atoms with E-state index < -0.39 is 28.5 Å². The Kier molecular flexibility index (Phi) is 10.9. The smallest absolute Gasteiger partial charge is 0.264 e. The summed E-state index contributed by atoms with van der Waals surface area (Å²) in [4.78, 5) is 28.3. The third kappa shape index (κ3) is 8.31. The summed E-state index contributed by atoms with van der Waals surface area (Å²) in [6.07, 6.45) is 2.28. The highest BCUT2D eigenvalue weighted by molar-refractivity contribution is 7.92. The zero-order valence-corrected chi connectivity index (χ0v) is 24.2. The monoisotopic (exact) mass is 569 g/mol. The number of carbonyl (C=O) groups excluding carboxylic acids is 2. The number of sulfonamides is 1. The van der Waals surface area contributed by atoms with E-state index in [0.29, 0.717) is 23.7 Å². The number of hydrogen-bond donors (Lipinski definition) is 1. The average Bonchev–Trinajstić information content (AvgIpc) is 2.93. The number of halogens is 1. The van der Waals surface area contributed by atoms with Crippen LogP contribution >= 0.6 is 11.6 Å². The Morgan fingerprint density at radius 3 is 2.21 bits per heavy atom. The molecule has 0 heterocycles. The number of anilines is 1. The molecule has 2 amide bonds. The second-order valence-corrected chi connectivity index (χ2v) is 11.7. The maximum absolute atomic E-state index is 13.8. The van der Waals surface area contributed by atoms with Crippen LogP contribution in [0.1, 0.15) is 37.8 Å². The molecule has 1 N–H and O–H groups in total. The number of nitrogens with one attached hydrogen (secondary N) is 1. The van der Waals surface area contributed by atoms with E-state index in [1.807, 2.05) is 44.2 Å². The molecule has 0 aliphatic heterocycles. The number of rotatable bonds is 13. The predicted octanol–water partition coefficient (Wildman–Crippen LogP) is 5.22. The van der Waals surface area contributed by atoms with E-state index in [2.05, 4.69) is 5.32 Å². The van der Waals surface area contributed by atoms with Crippen LogP contribution in [-0.2, 0) is 26.0 Å². The molecule has 0 bridgehead atoms. The second kappa shape index (κ2) is 14.1. The normalized spacial score (nSPS) is 12.0. The fraction of sp³-hybridized carbons (Fsp3) is 0.333. The molecule has 0 radical (unpaired) electrons. The molecule has 1 unspecified atom stereocenters. The van der Waals surface area contributed by atoms with Crippen LogP contribution in [0.15, 0.2) is 83.8 Å².